The lowest BCUT2D eigenvalue weighted by molar-refractivity contribution is 0.218. The molecule has 0 fully saturated rings. The van der Waals surface area contributed by atoms with Crippen LogP contribution >= 0.6 is 8.25 Å². The lowest BCUT2D eigenvalue weighted by Crippen LogP contribution is -1.92. The maximum absolute atomic E-state index is 11.4. The zero-order chi connectivity index (χ0) is 13.5. The van der Waals surface area contributed by atoms with E-state index in [1.165, 1.54) is 51.4 Å². The van der Waals surface area contributed by atoms with Gasteiger partial charge in [-0.15, -0.1) is 0 Å². The van der Waals surface area contributed by atoms with Crippen molar-refractivity contribution in [2.45, 2.75) is 78.1 Å². The van der Waals surface area contributed by atoms with Crippen molar-refractivity contribution in [1.82, 2.24) is 0 Å². The standard InChI is InChI=1S/C14H31O3P/c1-3-5-7-9-11-13-16-18(15)17-14-12-10-8-6-4-2/h18H,3-14H2,1-2H3. The minimum atomic E-state index is -2.22. The minimum absolute atomic E-state index is 0.581. The Balaban J connectivity index is 3.12. The Labute approximate surface area is 114 Å². The summed E-state index contributed by atoms with van der Waals surface area (Å²) < 4.78 is 21.7. The predicted octanol–water partition coefficient (Wildman–Crippen LogP) is 5.35. The smallest absolute Gasteiger partial charge is 0.311 e. The molecule has 0 aliphatic heterocycles. The average molecular weight is 278 g/mol. The van der Waals surface area contributed by atoms with E-state index in [0.29, 0.717) is 13.2 Å². The second-order valence-electron chi connectivity index (χ2n) is 4.78. The molecule has 0 heterocycles. The largest absolute Gasteiger partial charge is 0.319 e. The third-order valence-electron chi connectivity index (χ3n) is 2.94. The molecule has 0 saturated heterocycles. The molecule has 0 radical (unpaired) electrons. The van der Waals surface area contributed by atoms with Crippen LogP contribution in [0.3, 0.4) is 0 Å². The van der Waals surface area contributed by atoms with Crippen LogP contribution in [0.5, 0.6) is 0 Å². The van der Waals surface area contributed by atoms with Crippen molar-refractivity contribution in [3.05, 3.63) is 0 Å². The Morgan fingerprint density at radius 3 is 1.44 bits per heavy atom. The van der Waals surface area contributed by atoms with Gasteiger partial charge in [-0.25, -0.2) is 0 Å². The molecule has 0 spiro atoms. The molecule has 0 rings (SSSR count). The Hall–Kier alpha value is 0.150. The van der Waals surface area contributed by atoms with Crippen molar-refractivity contribution in [1.29, 1.82) is 0 Å². The third-order valence-corrected chi connectivity index (χ3v) is 3.82. The molecule has 4 heteroatoms. The van der Waals surface area contributed by atoms with Crippen LogP contribution in [0.1, 0.15) is 78.1 Å². The molecular formula is C14H31O3P. The topological polar surface area (TPSA) is 35.5 Å². The van der Waals surface area contributed by atoms with Crippen LogP contribution in [0.4, 0.5) is 0 Å². The molecule has 0 unspecified atom stereocenters. The van der Waals surface area contributed by atoms with E-state index in [1.807, 2.05) is 0 Å². The first-order chi connectivity index (χ1) is 8.81. The van der Waals surface area contributed by atoms with Gasteiger partial charge in [0.2, 0.25) is 0 Å². The normalized spacial score (nSPS) is 11.3. The maximum atomic E-state index is 11.4. The highest BCUT2D eigenvalue weighted by molar-refractivity contribution is 7.33. The fraction of sp³-hybridized carbons (Fsp3) is 1.00. The Bertz CT molecular complexity index is 168. The van der Waals surface area contributed by atoms with Gasteiger partial charge < -0.3 is 9.05 Å². The predicted molar refractivity (Wildman–Crippen MR) is 78.4 cm³/mol. The van der Waals surface area contributed by atoms with E-state index in [2.05, 4.69) is 13.8 Å². The van der Waals surface area contributed by atoms with Gasteiger partial charge in [0.25, 0.3) is 0 Å². The highest BCUT2D eigenvalue weighted by atomic mass is 31.1. The molecule has 0 N–H and O–H groups in total. The van der Waals surface area contributed by atoms with Crippen LogP contribution in [0.2, 0.25) is 0 Å². The summed E-state index contributed by atoms with van der Waals surface area (Å²) in [5.74, 6) is 0. The molecule has 0 amide bonds. The molecule has 3 nitrogen and oxygen atoms in total. The minimum Gasteiger partial charge on any atom is -0.311 e. The molecule has 0 aliphatic carbocycles. The molecule has 0 atom stereocenters. The van der Waals surface area contributed by atoms with Gasteiger partial charge in [-0.05, 0) is 12.8 Å². The van der Waals surface area contributed by atoms with E-state index in [1.54, 1.807) is 0 Å². The van der Waals surface area contributed by atoms with Crippen molar-refractivity contribution in [3.8, 4) is 0 Å². The average Bonchev–Trinajstić information content (AvgIpc) is 2.38. The van der Waals surface area contributed by atoms with Gasteiger partial charge in [-0.3, -0.25) is 4.57 Å². The van der Waals surface area contributed by atoms with E-state index in [4.69, 9.17) is 9.05 Å². The van der Waals surface area contributed by atoms with E-state index < -0.39 is 8.25 Å². The van der Waals surface area contributed by atoms with Crippen molar-refractivity contribution >= 4 is 8.25 Å². The van der Waals surface area contributed by atoms with E-state index in [0.717, 1.165) is 12.8 Å². The molecule has 110 valence electrons. The van der Waals surface area contributed by atoms with Crippen molar-refractivity contribution in [2.24, 2.45) is 0 Å². The van der Waals surface area contributed by atoms with Crippen LogP contribution in [0.15, 0.2) is 0 Å². The Morgan fingerprint density at radius 1 is 0.667 bits per heavy atom. The summed E-state index contributed by atoms with van der Waals surface area (Å²) in [5.41, 5.74) is 0. The fourth-order valence-corrected chi connectivity index (χ4v) is 2.47. The summed E-state index contributed by atoms with van der Waals surface area (Å²) in [6, 6.07) is 0. The Morgan fingerprint density at radius 2 is 1.06 bits per heavy atom. The van der Waals surface area contributed by atoms with Crippen LogP contribution in [-0.4, -0.2) is 13.2 Å². The first-order valence-corrected chi connectivity index (χ1v) is 8.83. The van der Waals surface area contributed by atoms with Crippen LogP contribution in [-0.2, 0) is 13.6 Å². The van der Waals surface area contributed by atoms with Gasteiger partial charge in [0.05, 0.1) is 13.2 Å². The maximum Gasteiger partial charge on any atom is 0.319 e. The van der Waals surface area contributed by atoms with Gasteiger partial charge >= 0.3 is 8.25 Å². The molecule has 0 bridgehead atoms. The van der Waals surface area contributed by atoms with Crippen LogP contribution in [0.25, 0.3) is 0 Å². The van der Waals surface area contributed by atoms with Gasteiger partial charge in [0.1, 0.15) is 0 Å². The second kappa shape index (κ2) is 15.2. The number of hydrogen-bond donors (Lipinski definition) is 0. The van der Waals surface area contributed by atoms with Crippen molar-refractivity contribution in [2.75, 3.05) is 13.2 Å². The second-order valence-corrected chi connectivity index (χ2v) is 5.85. The zero-order valence-corrected chi connectivity index (χ0v) is 13.2. The van der Waals surface area contributed by atoms with Crippen LogP contribution < -0.4 is 0 Å². The first kappa shape index (κ1) is 18.1. The quantitative estimate of drug-likeness (QED) is 0.317. The van der Waals surface area contributed by atoms with Gasteiger partial charge in [-0.1, -0.05) is 65.2 Å². The third kappa shape index (κ3) is 14.2. The highest BCUT2D eigenvalue weighted by Gasteiger charge is 1.99. The van der Waals surface area contributed by atoms with Gasteiger partial charge in [0, 0.05) is 0 Å². The molecule has 0 saturated carbocycles. The summed E-state index contributed by atoms with van der Waals surface area (Å²) in [7, 11) is -2.22. The van der Waals surface area contributed by atoms with Crippen molar-refractivity contribution in [3.63, 3.8) is 0 Å². The molecule has 0 aromatic heterocycles. The van der Waals surface area contributed by atoms with Crippen molar-refractivity contribution < 1.29 is 13.6 Å². The summed E-state index contributed by atoms with van der Waals surface area (Å²) in [5, 5.41) is 0. The lowest BCUT2D eigenvalue weighted by Gasteiger charge is -2.05. The number of hydrogen-bond acceptors (Lipinski definition) is 3. The van der Waals surface area contributed by atoms with Gasteiger partial charge in [-0.2, -0.15) is 0 Å². The molecular weight excluding hydrogens is 247 g/mol. The molecule has 18 heavy (non-hydrogen) atoms. The summed E-state index contributed by atoms with van der Waals surface area (Å²) in [6.45, 7) is 5.56. The molecule has 0 aromatic rings. The molecule has 0 aliphatic rings. The van der Waals surface area contributed by atoms with E-state index in [9.17, 15) is 4.57 Å². The monoisotopic (exact) mass is 278 g/mol. The van der Waals surface area contributed by atoms with Crippen LogP contribution in [0, 0.1) is 0 Å². The summed E-state index contributed by atoms with van der Waals surface area (Å²) >= 11 is 0. The Kier molecular flexibility index (Phi) is 15.3. The fourth-order valence-electron chi connectivity index (χ4n) is 1.76. The highest BCUT2D eigenvalue weighted by Crippen LogP contribution is 2.24. The first-order valence-electron chi connectivity index (χ1n) is 7.60. The number of rotatable bonds is 14. The zero-order valence-electron chi connectivity index (χ0n) is 12.2. The molecule has 0 aromatic carbocycles. The summed E-state index contributed by atoms with van der Waals surface area (Å²) in [4.78, 5) is 0. The van der Waals surface area contributed by atoms with E-state index in [-0.39, 0.29) is 0 Å². The van der Waals surface area contributed by atoms with Gasteiger partial charge in [0.15, 0.2) is 0 Å². The SMILES string of the molecule is CCCCCCCO[PH](=O)OCCCCCCC. The lowest BCUT2D eigenvalue weighted by atomic mass is 10.2. The summed E-state index contributed by atoms with van der Waals surface area (Å²) in [6.07, 6.45) is 11.9. The number of unbranched alkanes of at least 4 members (excludes halogenated alkanes) is 8. The van der Waals surface area contributed by atoms with E-state index >= 15 is 0 Å².